The predicted molar refractivity (Wildman–Crippen MR) is 101 cm³/mol. The molecular weight excluding hydrogens is 384 g/mol. The number of nitrogens with one attached hydrogen (secondary N) is 3. The van der Waals surface area contributed by atoms with Crippen LogP contribution in [0.1, 0.15) is 12.6 Å². The monoisotopic (exact) mass is 404 g/mol. The van der Waals surface area contributed by atoms with Gasteiger partial charge in [0.1, 0.15) is 11.9 Å². The van der Waals surface area contributed by atoms with E-state index in [0.717, 1.165) is 6.54 Å². The molecular formula is C16H20N8O3S. The summed E-state index contributed by atoms with van der Waals surface area (Å²) in [6, 6.07) is 3.43. The summed E-state index contributed by atoms with van der Waals surface area (Å²) >= 11 is 0. The number of nitrogens with zero attached hydrogens (tertiary/aromatic N) is 5. The summed E-state index contributed by atoms with van der Waals surface area (Å²) in [6.45, 7) is 4.04. The lowest BCUT2D eigenvalue weighted by Crippen LogP contribution is -2.42. The van der Waals surface area contributed by atoms with E-state index >= 15 is 0 Å². The van der Waals surface area contributed by atoms with Crippen LogP contribution in [0.25, 0.3) is 0 Å². The van der Waals surface area contributed by atoms with Gasteiger partial charge in [-0.2, -0.15) is 5.26 Å². The molecule has 12 heteroatoms. The lowest BCUT2D eigenvalue weighted by atomic mass is 10.3. The van der Waals surface area contributed by atoms with E-state index in [9.17, 15) is 8.42 Å². The van der Waals surface area contributed by atoms with Gasteiger partial charge >= 0.3 is 0 Å². The lowest BCUT2D eigenvalue weighted by Gasteiger charge is -2.24. The number of nitriles is 1. The Labute approximate surface area is 162 Å². The predicted octanol–water partition coefficient (Wildman–Crippen LogP) is 0.0758. The molecule has 11 nitrogen and oxygen atoms in total. The first-order valence-electron chi connectivity index (χ1n) is 8.67. The first-order valence-corrected chi connectivity index (χ1v) is 10.3. The minimum atomic E-state index is -3.56. The average Bonchev–Trinajstić information content (AvgIpc) is 2.73. The molecule has 0 saturated carbocycles. The second-order valence-corrected chi connectivity index (χ2v) is 8.15. The minimum Gasteiger partial charge on any atom is -0.380 e. The third-order valence-electron chi connectivity index (χ3n) is 3.98. The lowest BCUT2D eigenvalue weighted by molar-refractivity contribution is 0.0372. The van der Waals surface area contributed by atoms with Crippen molar-refractivity contribution in [3.63, 3.8) is 0 Å². The summed E-state index contributed by atoms with van der Waals surface area (Å²) in [5.41, 5.74) is 0.514. The number of anilines is 3. The molecule has 0 radical (unpaired) electrons. The highest BCUT2D eigenvalue weighted by Crippen LogP contribution is 2.23. The zero-order valence-electron chi connectivity index (χ0n) is 15.2. The largest absolute Gasteiger partial charge is 0.380 e. The summed E-state index contributed by atoms with van der Waals surface area (Å²) < 4.78 is 30.3. The van der Waals surface area contributed by atoms with E-state index in [2.05, 4.69) is 36.1 Å². The molecule has 2 aromatic heterocycles. The molecule has 3 N–H and O–H groups in total. The van der Waals surface area contributed by atoms with Crippen molar-refractivity contribution in [3.05, 3.63) is 24.2 Å². The normalized spacial score (nSPS) is 16.9. The number of ether oxygens (including phenoxy) is 1. The van der Waals surface area contributed by atoms with Gasteiger partial charge in [0.15, 0.2) is 21.3 Å². The quantitative estimate of drug-likeness (QED) is 0.574. The first kappa shape index (κ1) is 19.9. The van der Waals surface area contributed by atoms with E-state index < -0.39 is 9.84 Å². The molecule has 2 aromatic rings. The van der Waals surface area contributed by atoms with Crippen molar-refractivity contribution in [1.29, 1.82) is 5.26 Å². The Morgan fingerprint density at radius 3 is 2.82 bits per heavy atom. The zero-order chi connectivity index (χ0) is 20.0. The van der Waals surface area contributed by atoms with E-state index in [4.69, 9.17) is 10.00 Å². The molecule has 0 aromatic carbocycles. The summed E-state index contributed by atoms with van der Waals surface area (Å²) in [4.78, 5) is 7.96. The molecule has 0 amide bonds. The maximum Gasteiger partial charge on any atom is 0.200 e. The van der Waals surface area contributed by atoms with Gasteiger partial charge < -0.3 is 20.7 Å². The van der Waals surface area contributed by atoms with Gasteiger partial charge in [0, 0.05) is 25.7 Å². The first-order chi connectivity index (χ1) is 13.5. The Morgan fingerprint density at radius 2 is 2.18 bits per heavy atom. The fraction of sp³-hybridized carbons (Fsp3) is 0.438. The van der Waals surface area contributed by atoms with Crippen LogP contribution in [0.3, 0.4) is 0 Å². The van der Waals surface area contributed by atoms with Gasteiger partial charge in [-0.05, 0) is 0 Å². The highest BCUT2D eigenvalue weighted by Gasteiger charge is 2.22. The average molecular weight is 404 g/mol. The summed E-state index contributed by atoms with van der Waals surface area (Å²) in [6.07, 6.45) is 2.61. The van der Waals surface area contributed by atoms with Crippen molar-refractivity contribution in [2.24, 2.45) is 0 Å². The second kappa shape index (κ2) is 8.87. The SMILES string of the molecule is CCS(=O)(=O)c1nnc(Nc2cnc(C#N)cn2)cc1NCC1CNCCO1. The fourth-order valence-electron chi connectivity index (χ4n) is 2.49. The van der Waals surface area contributed by atoms with E-state index in [-0.39, 0.29) is 22.6 Å². The van der Waals surface area contributed by atoms with E-state index in [0.29, 0.717) is 37.0 Å². The molecule has 0 aliphatic carbocycles. The highest BCUT2D eigenvalue weighted by atomic mass is 32.2. The van der Waals surface area contributed by atoms with Crippen LogP contribution in [-0.2, 0) is 14.6 Å². The van der Waals surface area contributed by atoms with Gasteiger partial charge in [-0.15, -0.1) is 10.2 Å². The van der Waals surface area contributed by atoms with Gasteiger partial charge in [0.25, 0.3) is 0 Å². The van der Waals surface area contributed by atoms with Gasteiger partial charge in [-0.3, -0.25) is 0 Å². The molecule has 0 bridgehead atoms. The zero-order valence-corrected chi connectivity index (χ0v) is 16.0. The van der Waals surface area contributed by atoms with Crippen LogP contribution in [-0.4, -0.2) is 66.7 Å². The molecule has 148 valence electrons. The minimum absolute atomic E-state index is 0.0834. The molecule has 3 heterocycles. The van der Waals surface area contributed by atoms with Crippen LogP contribution in [0.4, 0.5) is 17.3 Å². The Hall–Kier alpha value is -2.88. The number of sulfone groups is 1. The number of rotatable bonds is 7. The number of aromatic nitrogens is 4. The standard InChI is InChI=1S/C16H20N8O3S/c1-2-28(25,26)16-13(20-9-12-8-18-3-4-27-12)5-14(23-24-16)22-15-10-19-11(6-17)7-21-15/h5,7,10,12,18H,2-4,8-9H2,1H3,(H2,20,21,22,23). The summed E-state index contributed by atoms with van der Waals surface area (Å²) in [5, 5.41) is 25.7. The maximum atomic E-state index is 12.4. The molecule has 3 rings (SSSR count). The Kier molecular flexibility index (Phi) is 6.30. The number of hydrogen-bond acceptors (Lipinski definition) is 11. The van der Waals surface area contributed by atoms with Crippen molar-refractivity contribution in [3.8, 4) is 6.07 Å². The van der Waals surface area contributed by atoms with Gasteiger partial charge in [-0.25, -0.2) is 18.4 Å². The van der Waals surface area contributed by atoms with Crippen LogP contribution in [0.15, 0.2) is 23.5 Å². The maximum absolute atomic E-state index is 12.4. The highest BCUT2D eigenvalue weighted by molar-refractivity contribution is 7.91. The molecule has 1 aliphatic rings. The summed E-state index contributed by atoms with van der Waals surface area (Å²) in [5.74, 6) is 0.551. The van der Waals surface area contributed by atoms with Crippen molar-refractivity contribution >= 4 is 27.2 Å². The molecule has 1 saturated heterocycles. The van der Waals surface area contributed by atoms with E-state index in [1.165, 1.54) is 12.4 Å². The molecule has 1 aliphatic heterocycles. The fourth-order valence-corrected chi connectivity index (χ4v) is 3.40. The van der Waals surface area contributed by atoms with E-state index in [1.54, 1.807) is 13.0 Å². The third-order valence-corrected chi connectivity index (χ3v) is 5.63. The van der Waals surface area contributed by atoms with Crippen LogP contribution in [0.5, 0.6) is 0 Å². The van der Waals surface area contributed by atoms with E-state index in [1.807, 2.05) is 6.07 Å². The molecule has 0 spiro atoms. The Balaban J connectivity index is 1.82. The number of morpholine rings is 1. The van der Waals surface area contributed by atoms with Crippen LogP contribution in [0.2, 0.25) is 0 Å². The molecule has 1 unspecified atom stereocenters. The second-order valence-electron chi connectivity index (χ2n) is 5.95. The smallest absolute Gasteiger partial charge is 0.200 e. The van der Waals surface area contributed by atoms with Crippen LogP contribution >= 0.6 is 0 Å². The van der Waals surface area contributed by atoms with Crippen molar-refractivity contribution in [2.45, 2.75) is 18.1 Å². The number of hydrogen-bond donors (Lipinski definition) is 3. The van der Waals surface area contributed by atoms with Gasteiger partial charge in [-0.1, -0.05) is 6.92 Å². The third kappa shape index (κ3) is 4.89. The van der Waals surface area contributed by atoms with Gasteiger partial charge in [0.2, 0.25) is 5.03 Å². The molecule has 1 atom stereocenters. The van der Waals surface area contributed by atoms with Crippen LogP contribution in [0, 0.1) is 11.3 Å². The molecule has 28 heavy (non-hydrogen) atoms. The van der Waals surface area contributed by atoms with Crippen molar-refractivity contribution in [1.82, 2.24) is 25.5 Å². The Bertz CT molecular complexity index is 953. The Morgan fingerprint density at radius 1 is 1.32 bits per heavy atom. The summed E-state index contributed by atoms with van der Waals surface area (Å²) in [7, 11) is -3.56. The van der Waals surface area contributed by atoms with Crippen molar-refractivity contribution < 1.29 is 13.2 Å². The van der Waals surface area contributed by atoms with Crippen molar-refractivity contribution in [2.75, 3.05) is 42.6 Å². The van der Waals surface area contributed by atoms with Crippen LogP contribution < -0.4 is 16.0 Å². The topological polar surface area (TPSA) is 155 Å². The van der Waals surface area contributed by atoms with Gasteiger partial charge in [0.05, 0.1) is 36.5 Å². The molecule has 1 fully saturated rings.